The second kappa shape index (κ2) is 8.69. The van der Waals surface area contributed by atoms with Crippen LogP contribution in [0.4, 0.5) is 4.39 Å². The molecule has 2 aromatic heterocycles. The van der Waals surface area contributed by atoms with Crippen molar-refractivity contribution in [2.45, 2.75) is 19.3 Å². The average Bonchev–Trinajstić information content (AvgIpc) is 3.19. The van der Waals surface area contributed by atoms with Gasteiger partial charge in [-0.05, 0) is 30.2 Å². The van der Waals surface area contributed by atoms with Gasteiger partial charge < -0.3 is 10.3 Å². The molecule has 152 valence electrons. The SMILES string of the molecule is O=C(CCc1nc2c(cnn2-c2ccccc2)c(=O)[nH]1)NCCc1ccccc1F. The van der Waals surface area contributed by atoms with E-state index in [1.807, 2.05) is 30.3 Å². The lowest BCUT2D eigenvalue weighted by molar-refractivity contribution is -0.121. The first-order chi connectivity index (χ1) is 14.6. The van der Waals surface area contributed by atoms with Crippen LogP contribution >= 0.6 is 0 Å². The van der Waals surface area contributed by atoms with Crippen molar-refractivity contribution in [1.82, 2.24) is 25.1 Å². The Labute approximate surface area is 171 Å². The Morgan fingerprint density at radius 1 is 1.07 bits per heavy atom. The van der Waals surface area contributed by atoms with Crippen LogP contribution in [0, 0.1) is 5.82 Å². The van der Waals surface area contributed by atoms with Crippen LogP contribution in [-0.2, 0) is 17.6 Å². The number of carbonyl (C=O) groups excluding carboxylic acids is 1. The fourth-order valence-electron chi connectivity index (χ4n) is 3.20. The Morgan fingerprint density at radius 2 is 1.83 bits per heavy atom. The largest absolute Gasteiger partial charge is 0.356 e. The van der Waals surface area contributed by atoms with Gasteiger partial charge in [0.15, 0.2) is 5.65 Å². The molecule has 7 nitrogen and oxygen atoms in total. The van der Waals surface area contributed by atoms with Crippen molar-refractivity contribution >= 4 is 16.9 Å². The van der Waals surface area contributed by atoms with Gasteiger partial charge in [0.2, 0.25) is 5.91 Å². The van der Waals surface area contributed by atoms with E-state index in [0.29, 0.717) is 35.4 Å². The molecule has 4 rings (SSSR count). The minimum Gasteiger partial charge on any atom is -0.356 e. The van der Waals surface area contributed by atoms with Gasteiger partial charge in [-0.15, -0.1) is 0 Å². The van der Waals surface area contributed by atoms with Crippen molar-refractivity contribution in [3.05, 3.63) is 88.4 Å². The monoisotopic (exact) mass is 405 g/mol. The first kappa shape index (κ1) is 19.5. The summed E-state index contributed by atoms with van der Waals surface area (Å²) in [6, 6.07) is 15.9. The van der Waals surface area contributed by atoms with Crippen LogP contribution in [-0.4, -0.2) is 32.2 Å². The normalized spacial score (nSPS) is 11.0. The van der Waals surface area contributed by atoms with E-state index in [4.69, 9.17) is 0 Å². The molecule has 0 saturated carbocycles. The Morgan fingerprint density at radius 3 is 2.63 bits per heavy atom. The smallest absolute Gasteiger partial charge is 0.262 e. The lowest BCUT2D eigenvalue weighted by atomic mass is 10.1. The fraction of sp³-hybridized carbons (Fsp3) is 0.182. The van der Waals surface area contributed by atoms with Crippen LogP contribution in [0.1, 0.15) is 17.8 Å². The number of nitrogens with zero attached hydrogens (tertiary/aromatic N) is 3. The maximum absolute atomic E-state index is 13.6. The third kappa shape index (κ3) is 4.27. The third-order valence-electron chi connectivity index (χ3n) is 4.75. The number of hydrogen-bond donors (Lipinski definition) is 2. The van der Waals surface area contributed by atoms with Gasteiger partial charge in [0.25, 0.3) is 5.56 Å². The van der Waals surface area contributed by atoms with Crippen LogP contribution in [0.3, 0.4) is 0 Å². The minimum absolute atomic E-state index is 0.158. The molecule has 2 heterocycles. The first-order valence-corrected chi connectivity index (χ1v) is 9.64. The molecular weight excluding hydrogens is 385 g/mol. The molecule has 2 aromatic carbocycles. The lowest BCUT2D eigenvalue weighted by Crippen LogP contribution is -2.26. The summed E-state index contributed by atoms with van der Waals surface area (Å²) in [5.74, 6) is -0.0584. The summed E-state index contributed by atoms with van der Waals surface area (Å²) in [6.45, 7) is 0.337. The first-order valence-electron chi connectivity index (χ1n) is 9.64. The molecule has 0 unspecified atom stereocenters. The number of aryl methyl sites for hydroxylation is 1. The standard InChI is InChI=1S/C22H20FN5O2/c23-18-9-5-4-6-15(18)12-13-24-20(29)11-10-19-26-21-17(22(30)27-19)14-25-28(21)16-7-2-1-3-8-16/h1-9,14H,10-13H2,(H,24,29)(H,26,27,30). The van der Waals surface area contributed by atoms with Gasteiger partial charge >= 0.3 is 0 Å². The molecule has 0 fully saturated rings. The summed E-state index contributed by atoms with van der Waals surface area (Å²) < 4.78 is 15.2. The van der Waals surface area contributed by atoms with E-state index in [2.05, 4.69) is 20.4 Å². The zero-order valence-corrected chi connectivity index (χ0v) is 16.1. The van der Waals surface area contributed by atoms with E-state index in [0.717, 1.165) is 5.69 Å². The van der Waals surface area contributed by atoms with Gasteiger partial charge in [-0.3, -0.25) is 9.59 Å². The highest BCUT2D eigenvalue weighted by molar-refractivity contribution is 5.77. The minimum atomic E-state index is -0.294. The van der Waals surface area contributed by atoms with Gasteiger partial charge in [-0.2, -0.15) is 5.10 Å². The van der Waals surface area contributed by atoms with Crippen molar-refractivity contribution in [1.29, 1.82) is 0 Å². The number of para-hydroxylation sites is 1. The van der Waals surface area contributed by atoms with Gasteiger partial charge in [0.1, 0.15) is 17.0 Å². The predicted octanol–water partition coefficient (Wildman–Crippen LogP) is 2.54. The van der Waals surface area contributed by atoms with E-state index in [9.17, 15) is 14.0 Å². The molecule has 0 saturated heterocycles. The second-order valence-electron chi connectivity index (χ2n) is 6.83. The fourth-order valence-corrected chi connectivity index (χ4v) is 3.20. The van der Waals surface area contributed by atoms with Gasteiger partial charge in [-0.25, -0.2) is 14.1 Å². The summed E-state index contributed by atoms with van der Waals surface area (Å²) in [4.78, 5) is 31.7. The van der Waals surface area contributed by atoms with Crippen LogP contribution in [0.2, 0.25) is 0 Å². The molecule has 0 aliphatic carbocycles. The molecule has 0 aliphatic heterocycles. The molecule has 2 N–H and O–H groups in total. The van der Waals surface area contributed by atoms with Gasteiger partial charge in [-0.1, -0.05) is 36.4 Å². The average molecular weight is 405 g/mol. The van der Waals surface area contributed by atoms with Crippen molar-refractivity contribution in [2.75, 3.05) is 6.54 Å². The number of carbonyl (C=O) groups is 1. The molecule has 0 bridgehead atoms. The number of nitrogens with one attached hydrogen (secondary N) is 2. The van der Waals surface area contributed by atoms with Gasteiger partial charge in [0, 0.05) is 19.4 Å². The molecule has 1 amide bonds. The number of benzene rings is 2. The summed E-state index contributed by atoms with van der Waals surface area (Å²) in [6.07, 6.45) is 2.32. The zero-order chi connectivity index (χ0) is 20.9. The van der Waals surface area contributed by atoms with Crippen LogP contribution < -0.4 is 10.9 Å². The highest BCUT2D eigenvalue weighted by Crippen LogP contribution is 2.13. The van der Waals surface area contributed by atoms with Crippen molar-refractivity contribution in [2.24, 2.45) is 0 Å². The Hall–Kier alpha value is -3.81. The molecular formula is C22H20FN5O2. The van der Waals surface area contributed by atoms with Crippen molar-refractivity contribution < 1.29 is 9.18 Å². The van der Waals surface area contributed by atoms with Crippen molar-refractivity contribution in [3.8, 4) is 5.69 Å². The Kier molecular flexibility index (Phi) is 5.65. The number of amides is 1. The zero-order valence-electron chi connectivity index (χ0n) is 16.1. The van der Waals surface area contributed by atoms with E-state index < -0.39 is 0 Å². The lowest BCUT2D eigenvalue weighted by Gasteiger charge is -2.07. The number of halogens is 1. The summed E-state index contributed by atoms with van der Waals surface area (Å²) in [5, 5.41) is 7.42. The molecule has 4 aromatic rings. The van der Waals surface area contributed by atoms with E-state index in [1.54, 1.807) is 22.9 Å². The number of H-pyrrole nitrogens is 1. The highest BCUT2D eigenvalue weighted by atomic mass is 19.1. The second-order valence-corrected chi connectivity index (χ2v) is 6.83. The van der Waals surface area contributed by atoms with E-state index >= 15 is 0 Å². The van der Waals surface area contributed by atoms with Crippen LogP contribution in [0.5, 0.6) is 0 Å². The Bertz CT molecular complexity index is 1230. The number of rotatable bonds is 7. The predicted molar refractivity (Wildman–Crippen MR) is 111 cm³/mol. The highest BCUT2D eigenvalue weighted by Gasteiger charge is 2.12. The molecule has 0 aliphatic rings. The summed E-state index contributed by atoms with van der Waals surface area (Å²) >= 11 is 0. The Balaban J connectivity index is 1.41. The molecule has 8 heteroatoms. The van der Waals surface area contributed by atoms with Crippen molar-refractivity contribution in [3.63, 3.8) is 0 Å². The number of aromatic nitrogens is 4. The maximum atomic E-state index is 13.6. The maximum Gasteiger partial charge on any atom is 0.262 e. The number of hydrogen-bond acceptors (Lipinski definition) is 4. The molecule has 0 radical (unpaired) electrons. The molecule has 30 heavy (non-hydrogen) atoms. The van der Waals surface area contributed by atoms with Crippen LogP contribution in [0.15, 0.2) is 65.6 Å². The third-order valence-corrected chi connectivity index (χ3v) is 4.75. The topological polar surface area (TPSA) is 92.7 Å². The summed E-state index contributed by atoms with van der Waals surface area (Å²) in [7, 11) is 0. The number of fused-ring (bicyclic) bond motifs is 1. The number of aromatic amines is 1. The molecule has 0 atom stereocenters. The van der Waals surface area contributed by atoms with E-state index in [-0.39, 0.29) is 30.1 Å². The van der Waals surface area contributed by atoms with Crippen LogP contribution in [0.25, 0.3) is 16.7 Å². The summed E-state index contributed by atoms with van der Waals surface area (Å²) in [5.41, 5.74) is 1.50. The van der Waals surface area contributed by atoms with Gasteiger partial charge in [0.05, 0.1) is 11.9 Å². The van der Waals surface area contributed by atoms with E-state index in [1.165, 1.54) is 12.3 Å². The quantitative estimate of drug-likeness (QED) is 0.494. The molecule has 0 spiro atoms.